The molecule has 20 heavy (non-hydrogen) atoms. The predicted molar refractivity (Wildman–Crippen MR) is 71.1 cm³/mol. The third-order valence-electron chi connectivity index (χ3n) is 3.39. The summed E-state index contributed by atoms with van der Waals surface area (Å²) in [5.74, 6) is -0.537. The molecule has 0 aromatic heterocycles. The number of nitrogens with one attached hydrogen (secondary N) is 1. The fourth-order valence-corrected chi connectivity index (χ4v) is 2.47. The highest BCUT2D eigenvalue weighted by Crippen LogP contribution is 2.37. The van der Waals surface area contributed by atoms with Crippen molar-refractivity contribution in [2.45, 2.75) is 12.6 Å². The lowest BCUT2D eigenvalue weighted by atomic mass is 10.0. The van der Waals surface area contributed by atoms with Crippen LogP contribution in [0.3, 0.4) is 0 Å². The molecule has 2 rings (SSSR count). The fraction of sp³-hybridized carbons (Fsp3) is 0.538. The lowest BCUT2D eigenvalue weighted by Gasteiger charge is -2.27. The highest BCUT2D eigenvalue weighted by Gasteiger charge is 2.34. The number of alkyl halides is 3. The fourth-order valence-electron chi connectivity index (χ4n) is 2.29. The Morgan fingerprint density at radius 1 is 1.25 bits per heavy atom. The van der Waals surface area contributed by atoms with Crippen LogP contribution in [0.25, 0.3) is 0 Å². The summed E-state index contributed by atoms with van der Waals surface area (Å²) >= 11 is 5.72. The van der Waals surface area contributed by atoms with E-state index in [9.17, 15) is 18.3 Å². The molecule has 0 saturated carbocycles. The predicted octanol–water partition coefficient (Wildman–Crippen LogP) is 2.51. The lowest BCUT2D eigenvalue weighted by molar-refractivity contribution is -0.138. The van der Waals surface area contributed by atoms with Crippen molar-refractivity contribution in [1.29, 1.82) is 0 Å². The van der Waals surface area contributed by atoms with Crippen molar-refractivity contribution in [1.82, 2.24) is 10.2 Å². The number of benzene rings is 1. The van der Waals surface area contributed by atoms with E-state index in [0.29, 0.717) is 12.6 Å². The molecule has 7 heteroatoms. The Bertz CT molecular complexity index is 473. The molecular weight excluding hydrogens is 293 g/mol. The Kier molecular flexibility index (Phi) is 4.78. The molecule has 0 radical (unpaired) electrons. The van der Waals surface area contributed by atoms with E-state index in [4.69, 9.17) is 11.6 Å². The smallest absolute Gasteiger partial charge is 0.416 e. The summed E-state index contributed by atoms with van der Waals surface area (Å²) in [6.45, 7) is 3.90. The number of halogens is 4. The van der Waals surface area contributed by atoms with Crippen LogP contribution in [0.2, 0.25) is 5.02 Å². The molecule has 1 heterocycles. The molecule has 1 aromatic rings. The molecule has 0 spiro atoms. The SMILES string of the molecule is Oc1cc(C(F)(F)F)c(CCN2CCNCC2)cc1Cl. The molecule has 0 amide bonds. The van der Waals surface area contributed by atoms with E-state index in [1.165, 1.54) is 6.07 Å². The summed E-state index contributed by atoms with van der Waals surface area (Å²) in [5.41, 5.74) is -0.687. The molecule has 0 bridgehead atoms. The van der Waals surface area contributed by atoms with Gasteiger partial charge in [-0.25, -0.2) is 0 Å². The van der Waals surface area contributed by atoms with Gasteiger partial charge in [-0.2, -0.15) is 13.2 Å². The number of hydrogen-bond acceptors (Lipinski definition) is 3. The van der Waals surface area contributed by atoms with Crippen molar-refractivity contribution in [3.05, 3.63) is 28.3 Å². The van der Waals surface area contributed by atoms with Gasteiger partial charge in [-0.15, -0.1) is 0 Å². The maximum Gasteiger partial charge on any atom is 0.416 e. The van der Waals surface area contributed by atoms with Crippen molar-refractivity contribution in [3.8, 4) is 5.75 Å². The van der Waals surface area contributed by atoms with Gasteiger partial charge in [-0.1, -0.05) is 11.6 Å². The number of rotatable bonds is 3. The zero-order valence-electron chi connectivity index (χ0n) is 10.8. The molecule has 1 fully saturated rings. The highest BCUT2D eigenvalue weighted by molar-refractivity contribution is 6.32. The zero-order chi connectivity index (χ0) is 14.8. The van der Waals surface area contributed by atoms with Gasteiger partial charge in [0.05, 0.1) is 10.6 Å². The van der Waals surface area contributed by atoms with Crippen LogP contribution in [0, 0.1) is 0 Å². The second-order valence-corrected chi connectivity index (χ2v) is 5.21. The van der Waals surface area contributed by atoms with Crippen molar-refractivity contribution < 1.29 is 18.3 Å². The van der Waals surface area contributed by atoms with E-state index in [1.54, 1.807) is 0 Å². The largest absolute Gasteiger partial charge is 0.506 e. The van der Waals surface area contributed by atoms with Gasteiger partial charge >= 0.3 is 6.18 Å². The van der Waals surface area contributed by atoms with E-state index < -0.39 is 17.5 Å². The third kappa shape index (κ3) is 3.77. The summed E-state index contributed by atoms with van der Waals surface area (Å²) in [6.07, 6.45) is -4.23. The molecule has 0 unspecified atom stereocenters. The second-order valence-electron chi connectivity index (χ2n) is 4.80. The molecule has 2 N–H and O–H groups in total. The number of phenolic OH excluding ortho intramolecular Hbond substituents is 1. The average Bonchev–Trinajstić information content (AvgIpc) is 2.39. The molecule has 3 nitrogen and oxygen atoms in total. The van der Waals surface area contributed by atoms with Gasteiger partial charge in [0.1, 0.15) is 5.75 Å². The summed E-state index contributed by atoms with van der Waals surface area (Å²) in [6, 6.07) is 1.91. The zero-order valence-corrected chi connectivity index (χ0v) is 11.6. The molecule has 1 aliphatic heterocycles. The number of hydrogen-bond donors (Lipinski definition) is 2. The van der Waals surface area contributed by atoms with Gasteiger partial charge in [0.15, 0.2) is 0 Å². The van der Waals surface area contributed by atoms with Gasteiger partial charge in [-0.05, 0) is 24.1 Å². The van der Waals surface area contributed by atoms with E-state index in [0.717, 1.165) is 26.2 Å². The van der Waals surface area contributed by atoms with Crippen molar-refractivity contribution in [3.63, 3.8) is 0 Å². The monoisotopic (exact) mass is 308 g/mol. The van der Waals surface area contributed by atoms with Crippen LogP contribution in [0.1, 0.15) is 11.1 Å². The molecule has 1 aliphatic rings. The molecule has 112 valence electrons. The van der Waals surface area contributed by atoms with Crippen molar-refractivity contribution in [2.24, 2.45) is 0 Å². The minimum atomic E-state index is -4.49. The number of phenols is 1. The average molecular weight is 309 g/mol. The summed E-state index contributed by atoms with van der Waals surface area (Å²) < 4.78 is 38.8. The van der Waals surface area contributed by atoms with E-state index in [-0.39, 0.29) is 17.0 Å². The highest BCUT2D eigenvalue weighted by atomic mass is 35.5. The first-order valence-electron chi connectivity index (χ1n) is 6.39. The van der Waals surface area contributed by atoms with Gasteiger partial charge < -0.3 is 15.3 Å². The Morgan fingerprint density at radius 3 is 2.50 bits per heavy atom. The topological polar surface area (TPSA) is 35.5 Å². The molecule has 1 saturated heterocycles. The van der Waals surface area contributed by atoms with E-state index in [2.05, 4.69) is 10.2 Å². The molecule has 0 aliphatic carbocycles. The molecule has 1 aromatic carbocycles. The number of nitrogens with zero attached hydrogens (tertiary/aromatic N) is 1. The maximum absolute atomic E-state index is 12.9. The molecule has 0 atom stereocenters. The van der Waals surface area contributed by atoms with E-state index >= 15 is 0 Å². The van der Waals surface area contributed by atoms with Crippen molar-refractivity contribution in [2.75, 3.05) is 32.7 Å². The van der Waals surface area contributed by atoms with Gasteiger partial charge in [0.2, 0.25) is 0 Å². The third-order valence-corrected chi connectivity index (χ3v) is 3.69. The van der Waals surface area contributed by atoms with Crippen LogP contribution >= 0.6 is 11.6 Å². The summed E-state index contributed by atoms with van der Waals surface area (Å²) in [5, 5.41) is 12.5. The van der Waals surface area contributed by atoms with Crippen LogP contribution in [0.15, 0.2) is 12.1 Å². The maximum atomic E-state index is 12.9. The number of aromatic hydroxyl groups is 1. The Labute approximate surface area is 120 Å². The van der Waals surface area contributed by atoms with Crippen LogP contribution in [0.4, 0.5) is 13.2 Å². The normalized spacial score (nSPS) is 17.4. The van der Waals surface area contributed by atoms with Crippen LogP contribution in [-0.2, 0) is 12.6 Å². The number of piperazine rings is 1. The summed E-state index contributed by atoms with van der Waals surface area (Å²) in [7, 11) is 0. The quantitative estimate of drug-likeness (QED) is 0.900. The lowest BCUT2D eigenvalue weighted by Crippen LogP contribution is -2.44. The van der Waals surface area contributed by atoms with Crippen LogP contribution in [0.5, 0.6) is 5.75 Å². The standard InChI is InChI=1S/C13H16ClF3N2O/c14-11-7-9(1-4-19-5-2-18-3-6-19)10(8-12(11)20)13(15,16)17/h7-8,18,20H,1-6H2. The Hall–Kier alpha value is -0.980. The minimum absolute atomic E-state index is 0.0479. The van der Waals surface area contributed by atoms with Crippen molar-refractivity contribution >= 4 is 11.6 Å². The summed E-state index contributed by atoms with van der Waals surface area (Å²) in [4.78, 5) is 2.11. The van der Waals surface area contributed by atoms with Gasteiger partial charge in [-0.3, -0.25) is 0 Å². The first kappa shape index (κ1) is 15.4. The van der Waals surface area contributed by atoms with Gasteiger partial charge in [0, 0.05) is 32.7 Å². The minimum Gasteiger partial charge on any atom is -0.506 e. The van der Waals surface area contributed by atoms with E-state index in [1.807, 2.05) is 0 Å². The van der Waals surface area contributed by atoms with Gasteiger partial charge in [0.25, 0.3) is 0 Å². The first-order chi connectivity index (χ1) is 9.38. The first-order valence-corrected chi connectivity index (χ1v) is 6.77. The van der Waals surface area contributed by atoms with Crippen LogP contribution in [-0.4, -0.2) is 42.7 Å². The Morgan fingerprint density at radius 2 is 1.90 bits per heavy atom. The van der Waals surface area contributed by atoms with Crippen LogP contribution < -0.4 is 5.32 Å². The second kappa shape index (κ2) is 6.20. The Balaban J connectivity index is 2.14. The molecular formula is C13H16ClF3N2O.